The quantitative estimate of drug-likeness (QED) is 0.211. The van der Waals surface area contributed by atoms with Gasteiger partial charge in [-0.1, -0.05) is 30.3 Å². The van der Waals surface area contributed by atoms with Crippen LogP contribution in [-0.2, 0) is 32.0 Å². The minimum absolute atomic E-state index is 0.234. The van der Waals surface area contributed by atoms with Crippen molar-refractivity contribution in [3.63, 3.8) is 0 Å². The van der Waals surface area contributed by atoms with Crippen molar-refractivity contribution < 1.29 is 28.2 Å². The van der Waals surface area contributed by atoms with Gasteiger partial charge >= 0.3 is 12.1 Å². The van der Waals surface area contributed by atoms with Crippen LogP contribution in [0.25, 0.3) is 11.3 Å². The number of carbonyl (C=O) groups excluding carboxylic acids is 3. The number of ether oxygens (including phenoxy) is 2. The Balaban J connectivity index is 1.63. The third-order valence-electron chi connectivity index (χ3n) is 6.17. The summed E-state index contributed by atoms with van der Waals surface area (Å²) in [5.41, 5.74) is 4.48. The van der Waals surface area contributed by atoms with Crippen molar-refractivity contribution in [2.45, 2.75) is 52.7 Å². The number of rotatable bonds is 9. The van der Waals surface area contributed by atoms with Gasteiger partial charge in [-0.3, -0.25) is 9.59 Å². The molecule has 0 bridgehead atoms. The van der Waals surface area contributed by atoms with Crippen LogP contribution in [0, 0.1) is 5.82 Å². The zero-order valence-electron chi connectivity index (χ0n) is 23.6. The Labute approximate surface area is 238 Å². The van der Waals surface area contributed by atoms with Crippen LogP contribution < -0.4 is 16.0 Å². The first-order valence-corrected chi connectivity index (χ1v) is 13.5. The van der Waals surface area contributed by atoms with Gasteiger partial charge in [-0.05, 0) is 87.2 Å². The van der Waals surface area contributed by atoms with Crippen LogP contribution >= 0.6 is 0 Å². The van der Waals surface area contributed by atoms with Gasteiger partial charge in [0.2, 0.25) is 0 Å². The highest BCUT2D eigenvalue weighted by molar-refractivity contribution is 6.37. The third kappa shape index (κ3) is 7.94. The zero-order valence-corrected chi connectivity index (χ0v) is 23.6. The second-order valence-corrected chi connectivity index (χ2v) is 10.6. The highest BCUT2D eigenvalue weighted by Gasteiger charge is 2.29. The van der Waals surface area contributed by atoms with Crippen LogP contribution in [0.5, 0.6) is 0 Å². The van der Waals surface area contributed by atoms with Gasteiger partial charge in [0.15, 0.2) is 0 Å². The van der Waals surface area contributed by atoms with Gasteiger partial charge < -0.3 is 25.4 Å². The smallest absolute Gasteiger partial charge is 0.407 e. The van der Waals surface area contributed by atoms with E-state index in [-0.39, 0.29) is 24.8 Å². The largest absolute Gasteiger partial charge is 0.466 e. The van der Waals surface area contributed by atoms with E-state index in [9.17, 15) is 18.8 Å². The number of alkyl carbamates (subject to hydrolysis) is 1. The molecule has 2 amide bonds. The van der Waals surface area contributed by atoms with Crippen molar-refractivity contribution in [2.75, 3.05) is 17.2 Å². The van der Waals surface area contributed by atoms with E-state index >= 15 is 0 Å². The average molecular weight is 560 g/mol. The molecule has 9 heteroatoms. The summed E-state index contributed by atoms with van der Waals surface area (Å²) in [6.45, 7) is 7.78. The number of anilines is 2. The molecular weight excluding hydrogens is 525 g/mol. The van der Waals surface area contributed by atoms with E-state index in [1.54, 1.807) is 33.8 Å². The van der Waals surface area contributed by atoms with Crippen LogP contribution in [0.4, 0.5) is 20.6 Å². The number of halogens is 1. The lowest BCUT2D eigenvalue weighted by molar-refractivity contribution is -0.143. The lowest BCUT2D eigenvalue weighted by Gasteiger charge is -2.19. The Kier molecular flexibility index (Phi) is 9.07. The molecule has 3 aromatic rings. The number of carbonyl (C=O) groups is 3. The molecule has 214 valence electrons. The molecule has 0 aliphatic carbocycles. The SMILES string of the molecule is CCOC(=O)CCc1cccc(C(Nc2ccc(CNC(=O)OC(C)(C)C)cc2)=C2C(=O)Nc3cc(F)ccc32)c1. The van der Waals surface area contributed by atoms with Crippen molar-refractivity contribution in [1.29, 1.82) is 0 Å². The monoisotopic (exact) mass is 559 g/mol. The van der Waals surface area contributed by atoms with Gasteiger partial charge in [-0.25, -0.2) is 9.18 Å². The van der Waals surface area contributed by atoms with Gasteiger partial charge in [0.25, 0.3) is 5.91 Å². The Bertz CT molecular complexity index is 1480. The fraction of sp³-hybridized carbons (Fsp3) is 0.281. The molecule has 1 heterocycles. The number of hydrogen-bond donors (Lipinski definition) is 3. The molecule has 0 saturated heterocycles. The van der Waals surface area contributed by atoms with Gasteiger partial charge in [0.1, 0.15) is 11.4 Å². The van der Waals surface area contributed by atoms with Gasteiger partial charge in [-0.15, -0.1) is 0 Å². The second-order valence-electron chi connectivity index (χ2n) is 10.6. The first-order valence-electron chi connectivity index (χ1n) is 13.5. The molecule has 0 spiro atoms. The lowest BCUT2D eigenvalue weighted by Crippen LogP contribution is -2.32. The van der Waals surface area contributed by atoms with Crippen molar-refractivity contribution in [3.05, 3.63) is 94.8 Å². The van der Waals surface area contributed by atoms with Crippen molar-refractivity contribution in [3.8, 4) is 0 Å². The van der Waals surface area contributed by atoms with Crippen molar-refractivity contribution in [2.24, 2.45) is 0 Å². The Morgan fingerprint density at radius 3 is 2.44 bits per heavy atom. The number of fused-ring (bicyclic) bond motifs is 1. The summed E-state index contributed by atoms with van der Waals surface area (Å²) in [5.74, 6) is -1.08. The van der Waals surface area contributed by atoms with Crippen LogP contribution in [0.3, 0.4) is 0 Å². The molecule has 3 N–H and O–H groups in total. The second kappa shape index (κ2) is 12.7. The summed E-state index contributed by atoms with van der Waals surface area (Å²) in [5, 5.41) is 8.87. The Morgan fingerprint density at radius 2 is 1.73 bits per heavy atom. The molecule has 8 nitrogen and oxygen atoms in total. The predicted molar refractivity (Wildman–Crippen MR) is 156 cm³/mol. The molecule has 0 unspecified atom stereocenters. The minimum Gasteiger partial charge on any atom is -0.466 e. The van der Waals surface area contributed by atoms with Crippen molar-refractivity contribution >= 4 is 40.6 Å². The van der Waals surface area contributed by atoms with E-state index < -0.39 is 17.5 Å². The first kappa shape index (κ1) is 29.3. The molecule has 3 aromatic carbocycles. The Hall–Kier alpha value is -4.66. The number of amides is 2. The van der Waals surface area contributed by atoms with Crippen LogP contribution in [0.1, 0.15) is 56.4 Å². The maximum atomic E-state index is 13.9. The van der Waals surface area contributed by atoms with Crippen LogP contribution in [0.2, 0.25) is 0 Å². The molecular formula is C32H34FN3O5. The maximum Gasteiger partial charge on any atom is 0.407 e. The van der Waals surface area contributed by atoms with Crippen LogP contribution in [0.15, 0.2) is 66.7 Å². The normalized spacial score (nSPS) is 13.6. The van der Waals surface area contributed by atoms with E-state index in [0.29, 0.717) is 41.2 Å². The number of hydrogen-bond acceptors (Lipinski definition) is 6. The van der Waals surface area contributed by atoms with Gasteiger partial charge in [0, 0.05) is 24.2 Å². The van der Waals surface area contributed by atoms with E-state index in [2.05, 4.69) is 16.0 Å². The highest BCUT2D eigenvalue weighted by Crippen LogP contribution is 2.38. The third-order valence-corrected chi connectivity index (χ3v) is 6.17. The maximum absolute atomic E-state index is 13.9. The van der Waals surface area contributed by atoms with Gasteiger partial charge in [-0.2, -0.15) is 0 Å². The summed E-state index contributed by atoms with van der Waals surface area (Å²) in [6, 6.07) is 19.2. The van der Waals surface area contributed by atoms with E-state index in [1.165, 1.54) is 12.1 Å². The molecule has 0 saturated carbocycles. The molecule has 0 aromatic heterocycles. The number of nitrogens with one attached hydrogen (secondary N) is 3. The van der Waals surface area contributed by atoms with Crippen molar-refractivity contribution in [1.82, 2.24) is 5.32 Å². The molecule has 0 fully saturated rings. The van der Waals surface area contributed by atoms with E-state index in [4.69, 9.17) is 9.47 Å². The number of aryl methyl sites for hydroxylation is 1. The van der Waals surface area contributed by atoms with Crippen LogP contribution in [-0.4, -0.2) is 30.2 Å². The number of esters is 1. The molecule has 0 radical (unpaired) electrons. The molecule has 4 rings (SSSR count). The lowest BCUT2D eigenvalue weighted by atomic mass is 9.97. The number of benzene rings is 3. The zero-order chi connectivity index (χ0) is 29.6. The first-order chi connectivity index (χ1) is 19.5. The summed E-state index contributed by atoms with van der Waals surface area (Å²) in [7, 11) is 0. The molecule has 1 aliphatic heterocycles. The standard InChI is InChI=1S/C32H34FN3O5/c1-5-40-27(37)16-11-20-7-6-8-22(17-20)29(28-25-15-12-23(33)18-26(25)36-30(28)38)35-24-13-9-21(10-14-24)19-34-31(39)41-32(2,3)4/h6-10,12-15,17-18,35H,5,11,16,19H2,1-4H3,(H,34,39)(H,36,38). The van der Waals surface area contributed by atoms with Gasteiger partial charge in [0.05, 0.1) is 23.6 Å². The highest BCUT2D eigenvalue weighted by atomic mass is 19.1. The fourth-order valence-corrected chi connectivity index (χ4v) is 4.37. The summed E-state index contributed by atoms with van der Waals surface area (Å²) in [4.78, 5) is 37.1. The summed E-state index contributed by atoms with van der Waals surface area (Å²) >= 11 is 0. The fourth-order valence-electron chi connectivity index (χ4n) is 4.37. The predicted octanol–water partition coefficient (Wildman–Crippen LogP) is 6.28. The van der Waals surface area contributed by atoms with E-state index in [0.717, 1.165) is 16.7 Å². The molecule has 41 heavy (non-hydrogen) atoms. The molecule has 0 atom stereocenters. The summed E-state index contributed by atoms with van der Waals surface area (Å²) < 4.78 is 24.3. The minimum atomic E-state index is -0.588. The topological polar surface area (TPSA) is 106 Å². The van der Waals surface area contributed by atoms with E-state index in [1.807, 2.05) is 48.5 Å². The Morgan fingerprint density at radius 1 is 0.976 bits per heavy atom. The summed E-state index contributed by atoms with van der Waals surface area (Å²) in [6.07, 6.45) is 0.206. The average Bonchev–Trinajstić information content (AvgIpc) is 3.23. The molecule has 1 aliphatic rings.